The van der Waals surface area contributed by atoms with Gasteiger partial charge >= 0.3 is 12.1 Å². The summed E-state index contributed by atoms with van der Waals surface area (Å²) in [5, 5.41) is 10.5. The molecule has 0 aromatic heterocycles. The second-order valence-electron chi connectivity index (χ2n) is 9.55. The van der Waals surface area contributed by atoms with E-state index in [-0.39, 0.29) is 10.7 Å². The number of carbonyl (C=O) groups is 1. The predicted molar refractivity (Wildman–Crippen MR) is 150 cm³/mol. The van der Waals surface area contributed by atoms with Crippen LogP contribution in [0, 0.1) is 5.82 Å². The fourth-order valence-electron chi connectivity index (χ4n) is 4.30. The maximum atomic E-state index is 13.1. The van der Waals surface area contributed by atoms with E-state index in [1.165, 1.54) is 32.1 Å². The summed E-state index contributed by atoms with van der Waals surface area (Å²) in [4.78, 5) is 11.3. The molecule has 8 nitrogen and oxygen atoms in total. The predicted octanol–water partition coefficient (Wildman–Crippen LogP) is 4.80. The van der Waals surface area contributed by atoms with Gasteiger partial charge in [-0.3, -0.25) is 0 Å². The number of sulfonamides is 1. The largest absolute Gasteiger partial charge is 0.495 e. The van der Waals surface area contributed by atoms with Crippen LogP contribution in [0.1, 0.15) is 24.0 Å². The lowest BCUT2D eigenvalue weighted by Gasteiger charge is -2.16. The van der Waals surface area contributed by atoms with E-state index in [0.29, 0.717) is 31.9 Å². The highest BCUT2D eigenvalue weighted by atomic mass is 32.2. The van der Waals surface area contributed by atoms with E-state index >= 15 is 0 Å². The third kappa shape index (κ3) is 10.1. The average molecular weight is 612 g/mol. The number of ether oxygens (including phenoxy) is 1. The van der Waals surface area contributed by atoms with E-state index in [9.17, 15) is 26.0 Å². The number of hydrogen-bond donors (Lipinski definition) is 3. The quantitative estimate of drug-likeness (QED) is 0.268. The summed E-state index contributed by atoms with van der Waals surface area (Å²) in [7, 11) is -2.25. The number of benzene rings is 3. The molecule has 0 atom stereocenters. The van der Waals surface area contributed by atoms with Gasteiger partial charge < -0.3 is 20.1 Å². The fraction of sp³-hybridized carbons (Fsp3) is 0.345. The Bertz CT molecular complexity index is 1430. The third-order valence-corrected chi connectivity index (χ3v) is 7.93. The number of methoxy groups -OCH3 is 1. The van der Waals surface area contributed by atoms with Gasteiger partial charge in [0.05, 0.1) is 7.11 Å². The van der Waals surface area contributed by atoms with Crippen molar-refractivity contribution in [2.75, 3.05) is 33.3 Å². The molecule has 0 saturated carbocycles. The molecule has 13 heteroatoms. The Morgan fingerprint density at radius 3 is 2.19 bits per heavy atom. The molecule has 3 aromatic rings. The van der Waals surface area contributed by atoms with Crippen LogP contribution in [0.4, 0.5) is 17.6 Å². The molecule has 4 rings (SSSR count). The number of nitrogens with one attached hydrogen (secondary N) is 2. The summed E-state index contributed by atoms with van der Waals surface area (Å²) in [6.07, 6.45) is -2.74. The Morgan fingerprint density at radius 1 is 0.952 bits per heavy atom. The van der Waals surface area contributed by atoms with Gasteiger partial charge in [-0.05, 0) is 78.5 Å². The molecule has 3 N–H and O–H groups in total. The zero-order valence-electron chi connectivity index (χ0n) is 23.0. The molecule has 1 saturated heterocycles. The second-order valence-corrected chi connectivity index (χ2v) is 11.3. The van der Waals surface area contributed by atoms with Gasteiger partial charge in [0.2, 0.25) is 10.0 Å². The van der Waals surface area contributed by atoms with Crippen LogP contribution in [0.2, 0.25) is 0 Å². The summed E-state index contributed by atoms with van der Waals surface area (Å²) in [5.74, 6) is -2.68. The average Bonchev–Trinajstić information content (AvgIpc) is 3.47. The van der Waals surface area contributed by atoms with Crippen molar-refractivity contribution in [3.05, 3.63) is 83.7 Å². The highest BCUT2D eigenvalue weighted by Crippen LogP contribution is 2.30. The maximum absolute atomic E-state index is 13.1. The molecule has 0 aliphatic carbocycles. The molecule has 1 aliphatic rings. The fourth-order valence-corrected chi connectivity index (χ4v) is 5.52. The molecule has 1 aliphatic heterocycles. The van der Waals surface area contributed by atoms with Crippen LogP contribution in [-0.2, 0) is 27.9 Å². The lowest BCUT2D eigenvalue weighted by Crippen LogP contribution is -2.33. The first-order valence-corrected chi connectivity index (χ1v) is 14.6. The molecule has 228 valence electrons. The van der Waals surface area contributed by atoms with Gasteiger partial charge in [-0.15, -0.1) is 0 Å². The Morgan fingerprint density at radius 2 is 1.57 bits per heavy atom. The number of likely N-dealkylation sites (tertiary alicyclic amines) is 1. The van der Waals surface area contributed by atoms with E-state index in [0.717, 1.165) is 35.3 Å². The molecule has 3 aromatic carbocycles. The van der Waals surface area contributed by atoms with Crippen molar-refractivity contribution in [3.63, 3.8) is 0 Å². The zero-order valence-corrected chi connectivity index (χ0v) is 23.8. The van der Waals surface area contributed by atoms with Crippen molar-refractivity contribution in [2.24, 2.45) is 0 Å². The van der Waals surface area contributed by atoms with Gasteiger partial charge in [0.1, 0.15) is 16.5 Å². The standard InChI is InChI=1S/C27H32FN3O3S.C2HF3O2/c1-34-26-12-9-24(18-27(26)35(32,33)30-13-16-31-14-2-3-15-31)23-6-4-5-22(17-23)20-29-19-21-7-10-25(28)11-8-21;3-2(4,5)1(6)7/h4-12,17-18,29-30H,2-3,13-16,19-20H2,1H3;(H,6,7). The Hall–Kier alpha value is -3.52. The van der Waals surface area contributed by atoms with Gasteiger partial charge in [0, 0.05) is 26.2 Å². The summed E-state index contributed by atoms with van der Waals surface area (Å²) in [5.41, 5.74) is 3.78. The molecule has 0 spiro atoms. The molecule has 0 radical (unpaired) electrons. The number of rotatable bonds is 11. The van der Waals surface area contributed by atoms with Gasteiger partial charge in [0.15, 0.2) is 0 Å². The number of halogens is 4. The van der Waals surface area contributed by atoms with Crippen molar-refractivity contribution in [1.82, 2.24) is 14.9 Å². The van der Waals surface area contributed by atoms with E-state index in [2.05, 4.69) is 14.9 Å². The van der Waals surface area contributed by atoms with Crippen molar-refractivity contribution in [3.8, 4) is 16.9 Å². The second kappa shape index (κ2) is 15.1. The minimum Gasteiger partial charge on any atom is -0.495 e. The smallest absolute Gasteiger partial charge is 0.490 e. The van der Waals surface area contributed by atoms with Crippen LogP contribution >= 0.6 is 0 Å². The topological polar surface area (TPSA) is 108 Å². The highest BCUT2D eigenvalue weighted by molar-refractivity contribution is 7.89. The van der Waals surface area contributed by atoms with Crippen LogP contribution in [0.15, 0.2) is 71.6 Å². The summed E-state index contributed by atoms with van der Waals surface area (Å²) >= 11 is 0. The summed E-state index contributed by atoms with van der Waals surface area (Å²) in [6.45, 7) is 4.37. The molecule has 42 heavy (non-hydrogen) atoms. The maximum Gasteiger partial charge on any atom is 0.490 e. The number of alkyl halides is 3. The Kier molecular flexibility index (Phi) is 11.9. The number of carboxylic acid groups (broad SMARTS) is 1. The van der Waals surface area contributed by atoms with Crippen LogP contribution in [0.5, 0.6) is 5.75 Å². The van der Waals surface area contributed by atoms with Crippen LogP contribution < -0.4 is 14.8 Å². The van der Waals surface area contributed by atoms with Gasteiger partial charge in [-0.25, -0.2) is 22.3 Å². The lowest BCUT2D eigenvalue weighted by molar-refractivity contribution is -0.192. The lowest BCUT2D eigenvalue weighted by atomic mass is 10.0. The van der Waals surface area contributed by atoms with Crippen molar-refractivity contribution < 1.29 is 40.6 Å². The molecular weight excluding hydrogens is 578 g/mol. The molecule has 1 heterocycles. The SMILES string of the molecule is COc1ccc(-c2cccc(CNCc3ccc(F)cc3)c2)cc1S(=O)(=O)NCCN1CCCC1.O=C(O)C(F)(F)F. The summed E-state index contributed by atoms with van der Waals surface area (Å²) < 4.78 is 79.1. The number of nitrogens with zero attached hydrogens (tertiary/aromatic N) is 1. The zero-order chi connectivity index (χ0) is 30.8. The van der Waals surface area contributed by atoms with Gasteiger partial charge in [0.25, 0.3) is 0 Å². The first kappa shape index (κ1) is 33.0. The van der Waals surface area contributed by atoms with E-state index < -0.39 is 22.2 Å². The molecule has 0 bridgehead atoms. The number of carboxylic acids is 1. The number of hydrogen-bond acceptors (Lipinski definition) is 6. The van der Waals surface area contributed by atoms with E-state index in [4.69, 9.17) is 14.6 Å². The first-order chi connectivity index (χ1) is 19.9. The van der Waals surface area contributed by atoms with Crippen LogP contribution in [0.25, 0.3) is 11.1 Å². The summed E-state index contributed by atoms with van der Waals surface area (Å²) in [6, 6.07) is 19.6. The van der Waals surface area contributed by atoms with Gasteiger partial charge in [-0.1, -0.05) is 36.4 Å². The Balaban J connectivity index is 0.000000616. The third-order valence-electron chi connectivity index (χ3n) is 6.45. The van der Waals surface area contributed by atoms with Crippen LogP contribution in [0.3, 0.4) is 0 Å². The van der Waals surface area contributed by atoms with Gasteiger partial charge in [-0.2, -0.15) is 13.2 Å². The first-order valence-electron chi connectivity index (χ1n) is 13.1. The van der Waals surface area contributed by atoms with Crippen LogP contribution in [-0.4, -0.2) is 63.9 Å². The van der Waals surface area contributed by atoms with Crippen molar-refractivity contribution >= 4 is 16.0 Å². The van der Waals surface area contributed by atoms with Crippen molar-refractivity contribution in [1.29, 1.82) is 0 Å². The molecule has 0 unspecified atom stereocenters. The minimum atomic E-state index is -5.08. The monoisotopic (exact) mass is 611 g/mol. The molecule has 1 fully saturated rings. The van der Waals surface area contributed by atoms with E-state index in [1.807, 2.05) is 30.3 Å². The molecule has 0 amide bonds. The Labute approximate surface area is 242 Å². The van der Waals surface area contributed by atoms with Crippen molar-refractivity contribution in [2.45, 2.75) is 37.0 Å². The normalized spacial score (nSPS) is 13.8. The van der Waals surface area contributed by atoms with E-state index in [1.54, 1.807) is 24.3 Å². The highest BCUT2D eigenvalue weighted by Gasteiger charge is 2.38. The minimum absolute atomic E-state index is 0.138. The molecular formula is C29H33F4N3O5S. The number of aliphatic carboxylic acids is 1.